The maximum atomic E-state index is 11.7. The van der Waals surface area contributed by atoms with Gasteiger partial charge in [0.25, 0.3) is 5.71 Å². The zero-order chi connectivity index (χ0) is 16.5. The lowest BCUT2D eigenvalue weighted by atomic mass is 10.2. The lowest BCUT2D eigenvalue weighted by Gasteiger charge is -2.05. The van der Waals surface area contributed by atoms with Gasteiger partial charge in [-0.25, -0.2) is 4.79 Å². The molecule has 0 atom stereocenters. The number of hydrogen-bond donors (Lipinski definition) is 1. The third kappa shape index (κ3) is 5.74. The molecule has 0 unspecified atom stereocenters. The van der Waals surface area contributed by atoms with Crippen molar-refractivity contribution in [3.63, 3.8) is 0 Å². The van der Waals surface area contributed by atoms with Crippen molar-refractivity contribution in [3.05, 3.63) is 71.8 Å². The molecule has 2 aromatic rings. The average Bonchev–Trinajstić information content (AvgIpc) is 2.59. The van der Waals surface area contributed by atoms with E-state index in [1.165, 1.54) is 0 Å². The van der Waals surface area contributed by atoms with Crippen molar-refractivity contribution in [3.8, 4) is 0 Å². The molecular formula is C18H18NO4+. The third-order valence-electron chi connectivity index (χ3n) is 3.05. The summed E-state index contributed by atoms with van der Waals surface area (Å²) in [6.45, 7) is 0.255. The number of hydrogen-bond acceptors (Lipinski definition) is 4. The molecule has 2 rings (SSSR count). The van der Waals surface area contributed by atoms with E-state index in [4.69, 9.17) is 14.9 Å². The number of ether oxygens (including phenoxy) is 2. The first-order valence-corrected chi connectivity index (χ1v) is 7.17. The van der Waals surface area contributed by atoms with Crippen molar-refractivity contribution in [2.45, 2.75) is 19.6 Å². The number of benzene rings is 2. The summed E-state index contributed by atoms with van der Waals surface area (Å²) in [5.41, 5.74) is 1.55. The Hall–Kier alpha value is -2.95. The second-order valence-corrected chi connectivity index (χ2v) is 4.91. The standard InChI is InChI=1S/C18H17NO4/c19-16(18(21)23-13-15-9-5-2-6-10-15)11-17(20)22-12-14-7-3-1-4-8-14/h1-10,19H,11-13H2/p+1. The molecular weight excluding hydrogens is 294 g/mol. The Balaban J connectivity index is 1.72. The van der Waals surface area contributed by atoms with Crippen molar-refractivity contribution in [1.82, 2.24) is 0 Å². The Morgan fingerprint density at radius 2 is 1.26 bits per heavy atom. The lowest BCUT2D eigenvalue weighted by Crippen LogP contribution is -2.46. The summed E-state index contributed by atoms with van der Waals surface area (Å²) < 4.78 is 10.1. The molecule has 0 fully saturated rings. The van der Waals surface area contributed by atoms with Crippen molar-refractivity contribution < 1.29 is 24.5 Å². The van der Waals surface area contributed by atoms with Crippen molar-refractivity contribution >= 4 is 17.7 Å². The first-order valence-electron chi connectivity index (χ1n) is 7.17. The molecule has 0 aliphatic carbocycles. The summed E-state index contributed by atoms with van der Waals surface area (Å²) in [6.07, 6.45) is -0.291. The molecule has 2 N–H and O–H groups in total. The Kier molecular flexibility index (Phi) is 6.06. The molecule has 0 saturated carbocycles. The van der Waals surface area contributed by atoms with Gasteiger partial charge in [-0.1, -0.05) is 60.7 Å². The van der Waals surface area contributed by atoms with Crippen LogP contribution in [0.2, 0.25) is 0 Å². The van der Waals surface area contributed by atoms with E-state index in [0.717, 1.165) is 11.1 Å². The third-order valence-corrected chi connectivity index (χ3v) is 3.05. The largest absolute Gasteiger partial charge is 0.460 e. The van der Waals surface area contributed by atoms with E-state index in [0.29, 0.717) is 0 Å². The molecule has 0 aliphatic heterocycles. The average molecular weight is 312 g/mol. The molecule has 0 amide bonds. The normalized spacial score (nSPS) is 9.91. The predicted octanol–water partition coefficient (Wildman–Crippen LogP) is 1.06. The van der Waals surface area contributed by atoms with Crippen LogP contribution in [0.15, 0.2) is 60.7 Å². The van der Waals surface area contributed by atoms with Crippen LogP contribution in [-0.2, 0) is 32.3 Å². The van der Waals surface area contributed by atoms with E-state index in [1.54, 1.807) is 0 Å². The molecule has 0 saturated heterocycles. The highest BCUT2D eigenvalue weighted by Crippen LogP contribution is 2.03. The molecule has 2 aromatic carbocycles. The second-order valence-electron chi connectivity index (χ2n) is 4.91. The van der Waals surface area contributed by atoms with Crippen molar-refractivity contribution in [1.29, 1.82) is 0 Å². The number of nitrogens with two attached hydrogens (primary N) is 1. The van der Waals surface area contributed by atoms with Crippen LogP contribution in [0.5, 0.6) is 0 Å². The highest BCUT2D eigenvalue weighted by atomic mass is 16.5. The van der Waals surface area contributed by atoms with Crippen LogP contribution in [0.1, 0.15) is 17.5 Å². The van der Waals surface area contributed by atoms with E-state index in [2.05, 4.69) is 0 Å². The Labute approximate surface area is 134 Å². The zero-order valence-electron chi connectivity index (χ0n) is 12.6. The van der Waals surface area contributed by atoms with Gasteiger partial charge in [0.05, 0.1) is 0 Å². The lowest BCUT2D eigenvalue weighted by molar-refractivity contribution is -0.159. The minimum Gasteiger partial charge on any atom is -0.460 e. The molecule has 0 spiro atoms. The van der Waals surface area contributed by atoms with E-state index in [-0.39, 0.29) is 25.3 Å². The molecule has 0 heterocycles. The van der Waals surface area contributed by atoms with Crippen LogP contribution in [0.25, 0.3) is 0 Å². The van der Waals surface area contributed by atoms with Crippen LogP contribution in [0, 0.1) is 0 Å². The zero-order valence-corrected chi connectivity index (χ0v) is 12.6. The van der Waals surface area contributed by atoms with E-state index < -0.39 is 11.9 Å². The highest BCUT2D eigenvalue weighted by molar-refractivity contribution is 6.36. The monoisotopic (exact) mass is 312 g/mol. The van der Waals surface area contributed by atoms with Crippen LogP contribution in [0.4, 0.5) is 0 Å². The van der Waals surface area contributed by atoms with Gasteiger partial charge >= 0.3 is 11.9 Å². The van der Waals surface area contributed by atoms with Crippen molar-refractivity contribution in [2.75, 3.05) is 0 Å². The summed E-state index contributed by atoms with van der Waals surface area (Å²) in [5, 5.41) is 5.59. The van der Waals surface area contributed by atoms with Crippen LogP contribution in [-0.4, -0.2) is 17.7 Å². The molecule has 0 aromatic heterocycles. The minimum atomic E-state index is -0.703. The second kappa shape index (κ2) is 8.48. The number of carbonyl (C=O) groups is 2. The van der Waals surface area contributed by atoms with Gasteiger partial charge in [0.15, 0.2) is 0 Å². The highest BCUT2D eigenvalue weighted by Gasteiger charge is 2.22. The van der Waals surface area contributed by atoms with Crippen LogP contribution >= 0.6 is 0 Å². The first kappa shape index (κ1) is 16.4. The molecule has 118 valence electrons. The molecule has 23 heavy (non-hydrogen) atoms. The van der Waals surface area contributed by atoms with Crippen LogP contribution in [0.3, 0.4) is 0 Å². The van der Waals surface area contributed by atoms with Gasteiger partial charge in [0, 0.05) is 0 Å². The SMILES string of the molecule is [NH2+]=C(CC(=O)OCc1ccccc1)C(=O)OCc1ccccc1. The summed E-state index contributed by atoms with van der Waals surface area (Å²) in [5.74, 6) is -1.27. The van der Waals surface area contributed by atoms with Crippen LogP contribution < -0.4 is 5.41 Å². The fourth-order valence-electron chi connectivity index (χ4n) is 1.83. The number of rotatable bonds is 7. The fourth-order valence-corrected chi connectivity index (χ4v) is 1.83. The van der Waals surface area contributed by atoms with Gasteiger partial charge in [-0.05, 0) is 11.1 Å². The van der Waals surface area contributed by atoms with Gasteiger partial charge in [-0.2, -0.15) is 0 Å². The topological polar surface area (TPSA) is 78.2 Å². The molecule has 0 aliphatic rings. The van der Waals surface area contributed by atoms with Gasteiger partial charge in [-0.3, -0.25) is 10.2 Å². The summed E-state index contributed by atoms with van der Waals surface area (Å²) in [6, 6.07) is 18.5. The fraction of sp³-hybridized carbons (Fsp3) is 0.167. The summed E-state index contributed by atoms with van der Waals surface area (Å²) in [7, 11) is 0. The Bertz CT molecular complexity index is 668. The molecule has 5 heteroatoms. The number of esters is 2. The quantitative estimate of drug-likeness (QED) is 0.612. The Morgan fingerprint density at radius 1 is 0.783 bits per heavy atom. The number of carbonyl (C=O) groups excluding carboxylic acids is 2. The smallest absolute Gasteiger partial charge is 0.399 e. The van der Waals surface area contributed by atoms with Gasteiger partial charge in [-0.15, -0.1) is 0 Å². The van der Waals surface area contributed by atoms with Gasteiger partial charge in [0.2, 0.25) is 0 Å². The van der Waals surface area contributed by atoms with Crippen molar-refractivity contribution in [2.24, 2.45) is 0 Å². The van der Waals surface area contributed by atoms with Gasteiger partial charge in [0.1, 0.15) is 19.6 Å². The van der Waals surface area contributed by atoms with E-state index in [1.807, 2.05) is 60.7 Å². The summed E-state index contributed by atoms with van der Waals surface area (Å²) in [4.78, 5) is 23.4. The summed E-state index contributed by atoms with van der Waals surface area (Å²) >= 11 is 0. The van der Waals surface area contributed by atoms with Gasteiger partial charge < -0.3 is 9.47 Å². The van der Waals surface area contributed by atoms with E-state index in [9.17, 15) is 9.59 Å². The predicted molar refractivity (Wildman–Crippen MR) is 84.0 cm³/mol. The molecule has 5 nitrogen and oxygen atoms in total. The molecule has 0 bridgehead atoms. The first-order chi connectivity index (χ1) is 11.1. The van der Waals surface area contributed by atoms with E-state index >= 15 is 0 Å². The maximum absolute atomic E-state index is 11.7. The Morgan fingerprint density at radius 3 is 1.78 bits per heavy atom. The maximum Gasteiger partial charge on any atom is 0.399 e. The minimum absolute atomic E-state index is 0.111. The molecule has 0 radical (unpaired) electrons.